The maximum atomic E-state index is 13.0. The molecule has 0 aliphatic heterocycles. The van der Waals surface area contributed by atoms with Crippen LogP contribution in [-0.4, -0.2) is 52.7 Å². The molecular formula is C23H26N2O7S. The molecular weight excluding hydrogens is 448 g/mol. The van der Waals surface area contributed by atoms with E-state index in [0.29, 0.717) is 5.75 Å². The largest absolute Gasteiger partial charge is 0.497 e. The van der Waals surface area contributed by atoms with Crippen LogP contribution in [0.2, 0.25) is 0 Å². The molecule has 2 atom stereocenters. The third-order valence-corrected chi connectivity index (χ3v) is 6.17. The first-order chi connectivity index (χ1) is 15.5. The van der Waals surface area contributed by atoms with Gasteiger partial charge in [-0.3, -0.25) is 9.59 Å². The Morgan fingerprint density at radius 1 is 1.06 bits per heavy atom. The third-order valence-electron chi connectivity index (χ3n) is 4.73. The van der Waals surface area contributed by atoms with E-state index >= 15 is 0 Å². The number of carbonyl (C=O) groups is 2. The van der Waals surface area contributed by atoms with Crippen molar-refractivity contribution < 1.29 is 32.2 Å². The van der Waals surface area contributed by atoms with Gasteiger partial charge in [-0.2, -0.15) is 4.72 Å². The Labute approximate surface area is 193 Å². The minimum Gasteiger partial charge on any atom is -0.497 e. The fraction of sp³-hybridized carbons (Fsp3) is 0.304. The molecule has 2 aromatic carbocycles. The summed E-state index contributed by atoms with van der Waals surface area (Å²) in [4.78, 5) is 24.4. The highest BCUT2D eigenvalue weighted by atomic mass is 32.2. The molecule has 10 heteroatoms. The number of nitrogens with one attached hydrogen (secondary N) is 2. The number of amides is 1. The summed E-state index contributed by atoms with van der Waals surface area (Å²) in [5.74, 6) is 1.61. The molecule has 0 saturated carbocycles. The molecule has 9 nitrogen and oxygen atoms in total. The number of sulfonamides is 1. The summed E-state index contributed by atoms with van der Waals surface area (Å²) in [6.45, 7) is 2.71. The number of esters is 1. The summed E-state index contributed by atoms with van der Waals surface area (Å²) >= 11 is 0. The van der Waals surface area contributed by atoms with Crippen LogP contribution in [0.25, 0.3) is 0 Å². The molecule has 0 spiro atoms. The van der Waals surface area contributed by atoms with Crippen molar-refractivity contribution in [3.05, 3.63) is 54.1 Å². The molecule has 2 aromatic rings. The lowest BCUT2D eigenvalue weighted by molar-refractivity contribution is -0.141. The van der Waals surface area contributed by atoms with E-state index < -0.39 is 40.1 Å². The minimum atomic E-state index is -4.18. The van der Waals surface area contributed by atoms with Gasteiger partial charge in [0.1, 0.15) is 18.0 Å². The van der Waals surface area contributed by atoms with Gasteiger partial charge in [0.2, 0.25) is 15.9 Å². The Kier molecular flexibility index (Phi) is 8.45. The van der Waals surface area contributed by atoms with E-state index in [9.17, 15) is 18.0 Å². The summed E-state index contributed by atoms with van der Waals surface area (Å²) in [7, 11) is -1.52. The highest BCUT2D eigenvalue weighted by Gasteiger charge is 2.43. The van der Waals surface area contributed by atoms with Gasteiger partial charge in [0, 0.05) is 0 Å². The molecule has 0 bridgehead atoms. The number of rotatable bonds is 10. The Balaban J connectivity index is 2.41. The maximum absolute atomic E-state index is 13.0. The highest BCUT2D eigenvalue weighted by Crippen LogP contribution is 2.25. The van der Waals surface area contributed by atoms with Crippen LogP contribution in [0.15, 0.2) is 53.4 Å². The molecule has 0 fully saturated rings. The lowest BCUT2D eigenvalue weighted by Gasteiger charge is -2.33. The number of benzene rings is 2. The van der Waals surface area contributed by atoms with Crippen molar-refractivity contribution >= 4 is 21.9 Å². The van der Waals surface area contributed by atoms with Crippen molar-refractivity contribution in [3.8, 4) is 23.8 Å². The van der Waals surface area contributed by atoms with Crippen LogP contribution >= 0.6 is 0 Å². The van der Waals surface area contributed by atoms with Crippen LogP contribution in [0.1, 0.15) is 12.5 Å². The lowest BCUT2D eigenvalue weighted by Crippen LogP contribution is -2.61. The summed E-state index contributed by atoms with van der Waals surface area (Å²) < 4.78 is 43.9. The first kappa shape index (κ1) is 25.7. The van der Waals surface area contributed by atoms with Gasteiger partial charge in [-0.15, -0.1) is 6.42 Å². The van der Waals surface area contributed by atoms with E-state index in [-0.39, 0.29) is 10.6 Å². The monoisotopic (exact) mass is 474 g/mol. The van der Waals surface area contributed by atoms with Crippen LogP contribution < -0.4 is 19.5 Å². The second-order valence-electron chi connectivity index (χ2n) is 7.19. The van der Waals surface area contributed by atoms with Gasteiger partial charge in [-0.1, -0.05) is 23.6 Å². The maximum Gasteiger partial charge on any atom is 0.325 e. The van der Waals surface area contributed by atoms with Gasteiger partial charge in [-0.05, 0) is 50.2 Å². The van der Waals surface area contributed by atoms with Gasteiger partial charge in [-0.25, -0.2) is 8.42 Å². The zero-order valence-electron chi connectivity index (χ0n) is 18.7. The van der Waals surface area contributed by atoms with Crippen molar-refractivity contribution in [2.45, 2.75) is 30.4 Å². The zero-order valence-corrected chi connectivity index (χ0v) is 19.6. The van der Waals surface area contributed by atoms with Gasteiger partial charge >= 0.3 is 5.97 Å². The van der Waals surface area contributed by atoms with Crippen molar-refractivity contribution in [1.29, 1.82) is 0 Å². The fourth-order valence-corrected chi connectivity index (χ4v) is 4.02. The predicted octanol–water partition coefficient (Wildman–Crippen LogP) is 1.41. The Morgan fingerprint density at radius 2 is 1.64 bits per heavy atom. The van der Waals surface area contributed by atoms with Gasteiger partial charge in [0.05, 0.1) is 19.1 Å². The van der Waals surface area contributed by atoms with Gasteiger partial charge < -0.3 is 19.5 Å². The first-order valence-electron chi connectivity index (χ1n) is 9.79. The van der Waals surface area contributed by atoms with E-state index in [1.807, 2.05) is 6.92 Å². The second-order valence-corrected chi connectivity index (χ2v) is 8.90. The number of hydrogen-bond acceptors (Lipinski definition) is 7. The Hall–Kier alpha value is -3.55. The van der Waals surface area contributed by atoms with E-state index in [0.717, 1.165) is 12.7 Å². The molecule has 33 heavy (non-hydrogen) atoms. The standard InChI is InChI=1S/C23H26N2O7S/c1-6-23(3,32-18-11-9-17(30-4)10-12-18)21(22(27)24-15-20(26)31-5)25-33(28,29)19-13-7-16(2)8-14-19/h1,7-14,21,25H,15H2,2-5H3,(H,24,27)/t21-,23-/m1/s1. The Bertz CT molecular complexity index is 1120. The number of carbonyl (C=O) groups excluding carboxylic acids is 2. The summed E-state index contributed by atoms with van der Waals surface area (Å²) in [6.07, 6.45) is 5.70. The predicted molar refractivity (Wildman–Crippen MR) is 121 cm³/mol. The number of methoxy groups -OCH3 is 2. The third kappa shape index (κ3) is 6.71. The van der Waals surface area contributed by atoms with Crippen molar-refractivity contribution in [2.24, 2.45) is 0 Å². The molecule has 0 aromatic heterocycles. The van der Waals surface area contributed by atoms with E-state index in [4.69, 9.17) is 15.9 Å². The van der Waals surface area contributed by atoms with E-state index in [1.54, 1.807) is 36.4 Å². The first-order valence-corrected chi connectivity index (χ1v) is 11.3. The molecule has 0 aliphatic carbocycles. The number of aryl methyl sites for hydroxylation is 1. The topological polar surface area (TPSA) is 120 Å². The molecule has 1 amide bonds. The normalized spacial score (nSPS) is 13.7. The molecule has 0 unspecified atom stereocenters. The SMILES string of the molecule is C#C[C@@](C)(Oc1ccc(OC)cc1)[C@H](NS(=O)(=O)c1ccc(C)cc1)C(=O)NCC(=O)OC. The number of terminal acetylenes is 1. The van der Waals surface area contributed by atoms with Crippen molar-refractivity contribution in [2.75, 3.05) is 20.8 Å². The van der Waals surface area contributed by atoms with Gasteiger partial charge in [0.25, 0.3) is 0 Å². The van der Waals surface area contributed by atoms with E-state index in [2.05, 4.69) is 20.7 Å². The highest BCUT2D eigenvalue weighted by molar-refractivity contribution is 7.89. The minimum absolute atomic E-state index is 0.0670. The molecule has 2 N–H and O–H groups in total. The number of ether oxygens (including phenoxy) is 3. The van der Waals surface area contributed by atoms with Crippen LogP contribution in [0.3, 0.4) is 0 Å². The van der Waals surface area contributed by atoms with Crippen LogP contribution in [0, 0.1) is 19.3 Å². The second kappa shape index (κ2) is 10.8. The van der Waals surface area contributed by atoms with Crippen LogP contribution in [0.5, 0.6) is 11.5 Å². The average molecular weight is 475 g/mol. The molecule has 0 radical (unpaired) electrons. The lowest BCUT2D eigenvalue weighted by atomic mass is 9.97. The van der Waals surface area contributed by atoms with Crippen LogP contribution in [0.4, 0.5) is 0 Å². The quantitative estimate of drug-likeness (QED) is 0.395. The molecule has 2 rings (SSSR count). The Morgan fingerprint density at radius 3 is 2.15 bits per heavy atom. The number of hydrogen-bond donors (Lipinski definition) is 2. The van der Waals surface area contributed by atoms with Gasteiger partial charge in [0.15, 0.2) is 11.6 Å². The summed E-state index contributed by atoms with van der Waals surface area (Å²) in [6, 6.07) is 10.8. The summed E-state index contributed by atoms with van der Waals surface area (Å²) in [5.41, 5.74) is -0.912. The zero-order chi connectivity index (χ0) is 24.6. The smallest absolute Gasteiger partial charge is 0.325 e. The molecule has 0 aliphatic rings. The van der Waals surface area contributed by atoms with Crippen molar-refractivity contribution in [1.82, 2.24) is 10.0 Å². The molecule has 176 valence electrons. The fourth-order valence-electron chi connectivity index (χ4n) is 2.75. The average Bonchev–Trinajstić information content (AvgIpc) is 2.81. The molecule has 0 saturated heterocycles. The van der Waals surface area contributed by atoms with Crippen LogP contribution in [-0.2, 0) is 24.3 Å². The van der Waals surface area contributed by atoms with E-state index in [1.165, 1.54) is 26.2 Å². The summed E-state index contributed by atoms with van der Waals surface area (Å²) in [5, 5.41) is 2.32. The molecule has 0 heterocycles. The van der Waals surface area contributed by atoms with Crippen molar-refractivity contribution in [3.63, 3.8) is 0 Å².